The molecule has 2 rings (SSSR count). The summed E-state index contributed by atoms with van der Waals surface area (Å²) in [6.45, 7) is 7.04. The Labute approximate surface area is 127 Å². The highest BCUT2D eigenvalue weighted by Gasteiger charge is 2.09. The van der Waals surface area contributed by atoms with Gasteiger partial charge in [-0.15, -0.1) is 0 Å². The van der Waals surface area contributed by atoms with Gasteiger partial charge in [0, 0.05) is 16.6 Å². The van der Waals surface area contributed by atoms with Crippen molar-refractivity contribution in [1.29, 1.82) is 0 Å². The van der Waals surface area contributed by atoms with Gasteiger partial charge in [0.1, 0.15) is 5.75 Å². The van der Waals surface area contributed by atoms with E-state index >= 15 is 0 Å². The Morgan fingerprint density at radius 2 is 2.00 bits per heavy atom. The van der Waals surface area contributed by atoms with Crippen LogP contribution in [0.1, 0.15) is 26.5 Å². The van der Waals surface area contributed by atoms with Crippen molar-refractivity contribution in [2.24, 2.45) is 0 Å². The van der Waals surface area contributed by atoms with Gasteiger partial charge in [-0.2, -0.15) is 0 Å². The van der Waals surface area contributed by atoms with E-state index in [1.165, 1.54) is 0 Å². The Kier molecular flexibility index (Phi) is 4.73. The second kappa shape index (κ2) is 6.33. The molecule has 106 valence electrons. The summed E-state index contributed by atoms with van der Waals surface area (Å²) in [5, 5.41) is 3.37. The number of hydrogen-bond acceptors (Lipinski definition) is 4. The molecule has 0 aliphatic rings. The number of aromatic nitrogens is 2. The molecule has 4 nitrogen and oxygen atoms in total. The molecule has 20 heavy (non-hydrogen) atoms. The van der Waals surface area contributed by atoms with Crippen molar-refractivity contribution in [3.8, 4) is 11.6 Å². The van der Waals surface area contributed by atoms with Crippen LogP contribution in [0.15, 0.2) is 41.1 Å². The summed E-state index contributed by atoms with van der Waals surface area (Å²) in [6.07, 6.45) is 3.37. The Balaban J connectivity index is 1.98. The van der Waals surface area contributed by atoms with Crippen LogP contribution in [0.5, 0.6) is 11.6 Å². The average Bonchev–Trinajstić information content (AvgIpc) is 2.37. The Morgan fingerprint density at radius 3 is 2.60 bits per heavy atom. The van der Waals surface area contributed by atoms with Crippen LogP contribution < -0.4 is 10.1 Å². The van der Waals surface area contributed by atoms with E-state index in [4.69, 9.17) is 4.74 Å². The van der Waals surface area contributed by atoms with Crippen molar-refractivity contribution in [3.63, 3.8) is 0 Å². The largest absolute Gasteiger partial charge is 0.437 e. The number of halogens is 1. The van der Waals surface area contributed by atoms with Crippen molar-refractivity contribution in [1.82, 2.24) is 15.3 Å². The summed E-state index contributed by atoms with van der Waals surface area (Å²) in [4.78, 5) is 8.60. The first-order valence-electron chi connectivity index (χ1n) is 6.42. The number of hydrogen-bond donors (Lipinski definition) is 1. The van der Waals surface area contributed by atoms with E-state index < -0.39 is 0 Å². The van der Waals surface area contributed by atoms with Crippen LogP contribution in [0.25, 0.3) is 0 Å². The van der Waals surface area contributed by atoms with Gasteiger partial charge in [0.2, 0.25) is 5.88 Å². The van der Waals surface area contributed by atoms with Gasteiger partial charge >= 0.3 is 0 Å². The molecule has 0 atom stereocenters. The molecule has 1 aromatic carbocycles. The predicted molar refractivity (Wildman–Crippen MR) is 82.8 cm³/mol. The maximum Gasteiger partial charge on any atom is 0.237 e. The number of benzene rings is 1. The van der Waals surface area contributed by atoms with Crippen LogP contribution in [0.4, 0.5) is 0 Å². The third-order valence-corrected chi connectivity index (χ3v) is 2.99. The van der Waals surface area contributed by atoms with Crippen LogP contribution in [0.3, 0.4) is 0 Å². The summed E-state index contributed by atoms with van der Waals surface area (Å²) in [5.41, 5.74) is 0.953. The second-order valence-electron chi connectivity index (χ2n) is 5.51. The van der Waals surface area contributed by atoms with Crippen LogP contribution in [0.2, 0.25) is 0 Å². The molecular formula is C15H18BrN3O. The molecule has 1 heterocycles. The zero-order valence-electron chi connectivity index (χ0n) is 11.9. The predicted octanol–water partition coefficient (Wildman–Crippen LogP) is 3.92. The maximum atomic E-state index is 5.64. The maximum absolute atomic E-state index is 5.64. The third kappa shape index (κ3) is 4.90. The lowest BCUT2D eigenvalue weighted by molar-refractivity contribution is 0.418. The van der Waals surface area contributed by atoms with E-state index in [1.54, 1.807) is 12.4 Å². The van der Waals surface area contributed by atoms with Crippen LogP contribution in [-0.2, 0) is 6.54 Å². The van der Waals surface area contributed by atoms with Crippen LogP contribution in [-0.4, -0.2) is 15.5 Å². The van der Waals surface area contributed by atoms with Gasteiger partial charge in [0.25, 0.3) is 0 Å². The van der Waals surface area contributed by atoms with Crippen LogP contribution >= 0.6 is 15.9 Å². The molecule has 1 aromatic heterocycles. The molecule has 0 spiro atoms. The monoisotopic (exact) mass is 335 g/mol. The van der Waals surface area contributed by atoms with Gasteiger partial charge in [-0.1, -0.05) is 22.0 Å². The smallest absolute Gasteiger partial charge is 0.237 e. The van der Waals surface area contributed by atoms with Crippen molar-refractivity contribution >= 4 is 15.9 Å². The third-order valence-electron chi connectivity index (χ3n) is 2.50. The van der Waals surface area contributed by atoms with Gasteiger partial charge in [0.15, 0.2) is 0 Å². The molecule has 5 heteroatoms. The van der Waals surface area contributed by atoms with E-state index in [0.717, 1.165) is 15.9 Å². The van der Waals surface area contributed by atoms with Gasteiger partial charge in [-0.3, -0.25) is 4.98 Å². The normalized spacial score (nSPS) is 11.4. The van der Waals surface area contributed by atoms with Crippen LogP contribution in [0, 0.1) is 0 Å². The van der Waals surface area contributed by atoms with Crippen molar-refractivity contribution in [2.45, 2.75) is 32.9 Å². The number of nitrogens with zero attached hydrogens (tertiary/aromatic N) is 2. The molecule has 1 N–H and O–H groups in total. The Bertz CT molecular complexity index is 564. The minimum Gasteiger partial charge on any atom is -0.437 e. The Morgan fingerprint density at radius 1 is 1.20 bits per heavy atom. The zero-order chi connectivity index (χ0) is 14.6. The molecule has 0 aliphatic carbocycles. The summed E-state index contributed by atoms with van der Waals surface area (Å²) in [5.74, 6) is 1.22. The highest BCUT2D eigenvalue weighted by molar-refractivity contribution is 9.10. The molecule has 2 aromatic rings. The fraction of sp³-hybridized carbons (Fsp3) is 0.333. The van der Waals surface area contributed by atoms with E-state index in [2.05, 4.69) is 52.0 Å². The van der Waals surface area contributed by atoms with Crippen molar-refractivity contribution < 1.29 is 4.74 Å². The topological polar surface area (TPSA) is 47.0 Å². The molecule has 0 fully saturated rings. The molecule has 0 saturated carbocycles. The highest BCUT2D eigenvalue weighted by Crippen LogP contribution is 2.22. The Hall–Kier alpha value is -1.46. The lowest BCUT2D eigenvalue weighted by atomic mass is 10.1. The first-order chi connectivity index (χ1) is 9.42. The number of nitrogens with one attached hydrogen (secondary N) is 1. The fourth-order valence-electron chi connectivity index (χ4n) is 1.49. The first kappa shape index (κ1) is 14.9. The molecule has 0 amide bonds. The minimum absolute atomic E-state index is 0.0627. The summed E-state index contributed by atoms with van der Waals surface area (Å²) in [6, 6.07) is 7.62. The lowest BCUT2D eigenvalue weighted by Crippen LogP contribution is -2.35. The van der Waals surface area contributed by atoms with E-state index in [1.807, 2.05) is 24.3 Å². The second-order valence-corrected chi connectivity index (χ2v) is 6.42. The molecule has 0 radical (unpaired) electrons. The lowest BCUT2D eigenvalue weighted by Gasteiger charge is -2.19. The van der Waals surface area contributed by atoms with Gasteiger partial charge in [0.05, 0.1) is 18.1 Å². The average molecular weight is 336 g/mol. The highest BCUT2D eigenvalue weighted by atomic mass is 79.9. The van der Waals surface area contributed by atoms with E-state index in [9.17, 15) is 0 Å². The van der Waals surface area contributed by atoms with Gasteiger partial charge < -0.3 is 10.1 Å². The fourth-order valence-corrected chi connectivity index (χ4v) is 1.87. The molecular weight excluding hydrogens is 318 g/mol. The first-order valence-corrected chi connectivity index (χ1v) is 7.21. The molecule has 0 aliphatic heterocycles. The molecule has 0 saturated heterocycles. The van der Waals surface area contributed by atoms with Gasteiger partial charge in [-0.25, -0.2) is 4.98 Å². The standard InChI is InChI=1S/C15H18BrN3O/c1-15(2,3)19-9-12-8-18-14(10-17-12)20-13-6-4-5-11(16)7-13/h4-8,10,19H,9H2,1-3H3. The van der Waals surface area contributed by atoms with Crippen molar-refractivity contribution in [2.75, 3.05) is 0 Å². The van der Waals surface area contributed by atoms with Crippen molar-refractivity contribution in [3.05, 3.63) is 46.8 Å². The minimum atomic E-state index is 0.0627. The number of ether oxygens (including phenoxy) is 1. The number of rotatable bonds is 4. The summed E-state index contributed by atoms with van der Waals surface area (Å²) in [7, 11) is 0. The molecule has 0 unspecified atom stereocenters. The SMILES string of the molecule is CC(C)(C)NCc1cnc(Oc2cccc(Br)c2)cn1. The molecule has 0 bridgehead atoms. The summed E-state index contributed by atoms with van der Waals surface area (Å²) >= 11 is 3.40. The van der Waals surface area contributed by atoms with E-state index in [-0.39, 0.29) is 5.54 Å². The zero-order valence-corrected chi connectivity index (χ0v) is 13.4. The summed E-state index contributed by atoms with van der Waals surface area (Å²) < 4.78 is 6.60. The van der Waals surface area contributed by atoms with E-state index in [0.29, 0.717) is 12.4 Å². The quantitative estimate of drug-likeness (QED) is 0.919. The van der Waals surface area contributed by atoms with Gasteiger partial charge in [-0.05, 0) is 39.0 Å².